The van der Waals surface area contributed by atoms with E-state index in [-0.39, 0.29) is 12.1 Å². The molecule has 0 radical (unpaired) electrons. The third-order valence-corrected chi connectivity index (χ3v) is 3.64. The first-order chi connectivity index (χ1) is 12.5. The van der Waals surface area contributed by atoms with Gasteiger partial charge >= 0.3 is 0 Å². The van der Waals surface area contributed by atoms with Gasteiger partial charge < -0.3 is 24.8 Å². The first kappa shape index (κ1) is 19.8. The van der Waals surface area contributed by atoms with Crippen LogP contribution in [0.3, 0.4) is 0 Å². The van der Waals surface area contributed by atoms with Crippen LogP contribution in [0.5, 0.6) is 17.2 Å². The summed E-state index contributed by atoms with van der Waals surface area (Å²) in [6.45, 7) is 6.51. The van der Waals surface area contributed by atoms with E-state index in [0.717, 1.165) is 22.9 Å². The van der Waals surface area contributed by atoms with Gasteiger partial charge in [-0.2, -0.15) is 0 Å². The lowest BCUT2D eigenvalue weighted by atomic mass is 10.3. The minimum Gasteiger partial charge on any atom is -0.497 e. The van der Waals surface area contributed by atoms with E-state index in [4.69, 9.17) is 26.4 Å². The molecule has 2 aromatic rings. The molecule has 2 rings (SSSR count). The van der Waals surface area contributed by atoms with Crippen LogP contribution in [-0.2, 0) is 0 Å². The quantitative estimate of drug-likeness (QED) is 0.674. The Hall–Kier alpha value is -2.47. The van der Waals surface area contributed by atoms with Crippen molar-refractivity contribution in [2.45, 2.75) is 32.9 Å². The van der Waals surface area contributed by atoms with Gasteiger partial charge in [0.1, 0.15) is 23.9 Å². The number of anilines is 1. The van der Waals surface area contributed by atoms with Gasteiger partial charge in [0, 0.05) is 5.69 Å². The molecular weight excluding hydrogens is 348 g/mol. The Kier molecular flexibility index (Phi) is 7.53. The topological polar surface area (TPSA) is 51.8 Å². The highest BCUT2D eigenvalue weighted by Crippen LogP contribution is 2.18. The average molecular weight is 375 g/mol. The van der Waals surface area contributed by atoms with Crippen molar-refractivity contribution in [1.29, 1.82) is 0 Å². The fourth-order valence-electron chi connectivity index (χ4n) is 2.21. The predicted molar refractivity (Wildman–Crippen MR) is 110 cm³/mol. The van der Waals surface area contributed by atoms with Crippen molar-refractivity contribution in [2.75, 3.05) is 19.0 Å². The molecule has 0 saturated carbocycles. The van der Waals surface area contributed by atoms with Gasteiger partial charge in [-0.15, -0.1) is 0 Å². The zero-order valence-electron chi connectivity index (χ0n) is 15.6. The molecule has 0 aliphatic rings. The zero-order chi connectivity index (χ0) is 18.9. The zero-order valence-corrected chi connectivity index (χ0v) is 16.4. The number of hydrogen-bond acceptors (Lipinski definition) is 4. The highest BCUT2D eigenvalue weighted by atomic mass is 32.1. The summed E-state index contributed by atoms with van der Waals surface area (Å²) in [5.41, 5.74) is 0.905. The Bertz CT molecular complexity index is 687. The highest BCUT2D eigenvalue weighted by molar-refractivity contribution is 7.80. The molecule has 0 fully saturated rings. The van der Waals surface area contributed by atoms with Gasteiger partial charge in [-0.05, 0) is 81.5 Å². The molecule has 0 bridgehead atoms. The van der Waals surface area contributed by atoms with Crippen molar-refractivity contribution in [1.82, 2.24) is 5.32 Å². The lowest BCUT2D eigenvalue weighted by Gasteiger charge is -2.18. The summed E-state index contributed by atoms with van der Waals surface area (Å²) in [6, 6.07) is 15.3. The Balaban J connectivity index is 1.75. The van der Waals surface area contributed by atoms with Crippen molar-refractivity contribution >= 4 is 23.0 Å². The monoisotopic (exact) mass is 374 g/mol. The van der Waals surface area contributed by atoms with E-state index >= 15 is 0 Å². The number of benzene rings is 2. The number of thiocarbonyl (C=S) groups is 1. The van der Waals surface area contributed by atoms with Crippen molar-refractivity contribution < 1.29 is 14.2 Å². The smallest absolute Gasteiger partial charge is 0.171 e. The molecule has 0 heterocycles. The van der Waals surface area contributed by atoms with E-state index in [1.54, 1.807) is 7.11 Å². The van der Waals surface area contributed by atoms with E-state index in [1.807, 2.05) is 69.3 Å². The van der Waals surface area contributed by atoms with Gasteiger partial charge in [0.05, 0.1) is 19.3 Å². The second-order valence-electron chi connectivity index (χ2n) is 6.18. The summed E-state index contributed by atoms with van der Waals surface area (Å²) in [4.78, 5) is 0. The number of hydrogen-bond donors (Lipinski definition) is 2. The molecule has 26 heavy (non-hydrogen) atoms. The van der Waals surface area contributed by atoms with Gasteiger partial charge in [-0.1, -0.05) is 0 Å². The highest BCUT2D eigenvalue weighted by Gasteiger charge is 2.06. The third-order valence-electron chi connectivity index (χ3n) is 3.42. The SMILES string of the molecule is COc1ccc(OC[C@H](C)NC(=S)Nc2ccc(OC(C)C)cc2)cc1. The Morgan fingerprint density at radius 3 is 2.08 bits per heavy atom. The van der Waals surface area contributed by atoms with Gasteiger partial charge in [-0.3, -0.25) is 0 Å². The molecule has 5 nitrogen and oxygen atoms in total. The maximum Gasteiger partial charge on any atom is 0.171 e. The first-order valence-electron chi connectivity index (χ1n) is 8.57. The molecule has 0 amide bonds. The van der Waals surface area contributed by atoms with Crippen molar-refractivity contribution in [3.8, 4) is 17.2 Å². The minimum atomic E-state index is 0.0562. The van der Waals surface area contributed by atoms with E-state index < -0.39 is 0 Å². The summed E-state index contributed by atoms with van der Waals surface area (Å²) in [5, 5.41) is 6.92. The largest absolute Gasteiger partial charge is 0.497 e. The number of methoxy groups -OCH3 is 1. The van der Waals surface area contributed by atoms with Crippen LogP contribution in [0.15, 0.2) is 48.5 Å². The van der Waals surface area contributed by atoms with Crippen molar-refractivity contribution in [2.24, 2.45) is 0 Å². The summed E-state index contributed by atoms with van der Waals surface area (Å²) in [7, 11) is 1.64. The molecule has 0 aliphatic heterocycles. The molecule has 0 spiro atoms. The second-order valence-corrected chi connectivity index (χ2v) is 6.59. The molecule has 0 aliphatic carbocycles. The number of ether oxygens (including phenoxy) is 3. The molecule has 1 atom stereocenters. The molecule has 0 unspecified atom stereocenters. The van der Waals surface area contributed by atoms with E-state index in [9.17, 15) is 0 Å². The Labute approximate surface area is 160 Å². The van der Waals surface area contributed by atoms with Gasteiger partial charge in [0.25, 0.3) is 0 Å². The predicted octanol–water partition coefficient (Wildman–Crippen LogP) is 4.24. The first-order valence-corrected chi connectivity index (χ1v) is 8.98. The molecule has 2 N–H and O–H groups in total. The molecule has 140 valence electrons. The molecule has 0 aromatic heterocycles. The van der Waals surface area contributed by atoms with Crippen LogP contribution in [0.1, 0.15) is 20.8 Å². The molecular formula is C20H26N2O3S. The number of rotatable bonds is 8. The van der Waals surface area contributed by atoms with E-state index in [1.165, 1.54) is 0 Å². The standard InChI is InChI=1S/C20H26N2O3S/c1-14(2)25-19-7-5-16(6-8-19)22-20(26)21-15(3)13-24-18-11-9-17(23-4)10-12-18/h5-12,14-15H,13H2,1-4H3,(H2,21,22,26)/t15-/m0/s1. The summed E-state index contributed by atoms with van der Waals surface area (Å²) in [5.74, 6) is 2.43. The van der Waals surface area contributed by atoms with Crippen molar-refractivity contribution in [3.63, 3.8) is 0 Å². The van der Waals surface area contributed by atoms with Gasteiger partial charge in [-0.25, -0.2) is 0 Å². The van der Waals surface area contributed by atoms with Crippen LogP contribution >= 0.6 is 12.2 Å². The fraction of sp³-hybridized carbons (Fsp3) is 0.350. The molecule has 0 saturated heterocycles. The lowest BCUT2D eigenvalue weighted by Crippen LogP contribution is -2.39. The Morgan fingerprint density at radius 2 is 1.50 bits per heavy atom. The van der Waals surface area contributed by atoms with E-state index in [0.29, 0.717) is 11.7 Å². The summed E-state index contributed by atoms with van der Waals surface area (Å²) >= 11 is 5.35. The van der Waals surface area contributed by atoms with Crippen LogP contribution in [0.25, 0.3) is 0 Å². The second kappa shape index (κ2) is 9.87. The maximum atomic E-state index is 5.75. The molecule has 2 aromatic carbocycles. The number of nitrogens with one attached hydrogen (secondary N) is 2. The van der Waals surface area contributed by atoms with Crippen LogP contribution in [-0.4, -0.2) is 31.0 Å². The summed E-state index contributed by atoms with van der Waals surface area (Å²) in [6.07, 6.45) is 0.156. The van der Waals surface area contributed by atoms with Gasteiger partial charge in [0.15, 0.2) is 5.11 Å². The van der Waals surface area contributed by atoms with Crippen LogP contribution < -0.4 is 24.8 Å². The van der Waals surface area contributed by atoms with Crippen LogP contribution in [0.2, 0.25) is 0 Å². The fourth-order valence-corrected chi connectivity index (χ4v) is 2.53. The van der Waals surface area contributed by atoms with Crippen molar-refractivity contribution in [3.05, 3.63) is 48.5 Å². The normalized spacial score (nSPS) is 11.6. The lowest BCUT2D eigenvalue weighted by molar-refractivity contribution is 0.242. The Morgan fingerprint density at radius 1 is 0.923 bits per heavy atom. The average Bonchev–Trinajstić information content (AvgIpc) is 2.61. The van der Waals surface area contributed by atoms with Gasteiger partial charge in [0.2, 0.25) is 0 Å². The van der Waals surface area contributed by atoms with Crippen LogP contribution in [0, 0.1) is 0 Å². The maximum absolute atomic E-state index is 5.75. The minimum absolute atomic E-state index is 0.0562. The summed E-state index contributed by atoms with van der Waals surface area (Å²) < 4.78 is 16.5. The third kappa shape index (κ3) is 6.80. The molecule has 6 heteroatoms. The van der Waals surface area contributed by atoms with Crippen LogP contribution in [0.4, 0.5) is 5.69 Å². The van der Waals surface area contributed by atoms with E-state index in [2.05, 4.69) is 10.6 Å².